The Kier molecular flexibility index (Phi) is 5.93. The van der Waals surface area contributed by atoms with Crippen LogP contribution in [0.25, 0.3) is 11.1 Å². The topological polar surface area (TPSA) is 65.3 Å². The first-order valence-electron chi connectivity index (χ1n) is 8.59. The zero-order valence-electron chi connectivity index (χ0n) is 14.4. The van der Waals surface area contributed by atoms with Crippen LogP contribution in [0.3, 0.4) is 0 Å². The van der Waals surface area contributed by atoms with E-state index in [-0.39, 0.29) is 10.6 Å². The van der Waals surface area contributed by atoms with Gasteiger partial charge in [-0.3, -0.25) is 15.1 Å². The van der Waals surface area contributed by atoms with E-state index >= 15 is 0 Å². The summed E-state index contributed by atoms with van der Waals surface area (Å²) in [6.45, 7) is 0.663. The third kappa shape index (κ3) is 4.89. The highest BCUT2D eigenvalue weighted by Gasteiger charge is 2.07. The molecule has 1 heterocycles. The fourth-order valence-electron chi connectivity index (χ4n) is 2.71. The third-order valence-corrected chi connectivity index (χ3v) is 4.10. The monoisotopic (exact) mass is 348 g/mol. The number of non-ortho nitro benzene ring substituents is 1. The van der Waals surface area contributed by atoms with Gasteiger partial charge in [0, 0.05) is 24.5 Å². The van der Waals surface area contributed by atoms with E-state index in [1.54, 1.807) is 18.3 Å². The summed E-state index contributed by atoms with van der Waals surface area (Å²) in [4.78, 5) is 14.6. The average Bonchev–Trinajstić information content (AvgIpc) is 2.69. The molecule has 0 aliphatic carbocycles. The fraction of sp³-hybridized carbons (Fsp3) is 0.190. The second-order valence-corrected chi connectivity index (χ2v) is 6.00. The van der Waals surface area contributed by atoms with Gasteiger partial charge in [-0.2, -0.15) is 0 Å². The molecule has 1 aromatic heterocycles. The van der Waals surface area contributed by atoms with Crippen LogP contribution in [0.2, 0.25) is 0 Å². The molecule has 0 unspecified atom stereocenters. The van der Waals surface area contributed by atoms with Gasteiger partial charge >= 0.3 is 0 Å². The van der Waals surface area contributed by atoms with Gasteiger partial charge in [-0.15, -0.1) is 0 Å². The Morgan fingerprint density at radius 2 is 1.81 bits per heavy atom. The summed E-state index contributed by atoms with van der Waals surface area (Å²) in [5.74, 6) is 0.806. The smallest absolute Gasteiger partial charge is 0.270 e. The predicted octanol–water partition coefficient (Wildman–Crippen LogP) is 5.06. The van der Waals surface area contributed by atoms with Crippen LogP contribution in [-0.4, -0.2) is 16.5 Å². The molecule has 0 saturated carbocycles. The van der Waals surface area contributed by atoms with Gasteiger partial charge in [0.1, 0.15) is 5.75 Å². The van der Waals surface area contributed by atoms with Crippen LogP contribution >= 0.6 is 0 Å². The number of aryl methyl sites for hydroxylation is 1. The highest BCUT2D eigenvalue weighted by molar-refractivity contribution is 5.66. The van der Waals surface area contributed by atoms with Gasteiger partial charge in [-0.1, -0.05) is 30.3 Å². The lowest BCUT2D eigenvalue weighted by atomic mass is 10.1. The van der Waals surface area contributed by atoms with Crippen molar-refractivity contribution in [3.63, 3.8) is 0 Å². The molecule has 0 aliphatic heterocycles. The number of pyridine rings is 1. The molecule has 3 aromatic rings. The number of rotatable bonds is 8. The molecule has 0 radical (unpaired) electrons. The number of hydrogen-bond acceptors (Lipinski definition) is 4. The van der Waals surface area contributed by atoms with Crippen molar-refractivity contribution in [2.24, 2.45) is 0 Å². The zero-order valence-corrected chi connectivity index (χ0v) is 14.4. The van der Waals surface area contributed by atoms with E-state index in [1.807, 2.05) is 42.6 Å². The molecule has 3 rings (SSSR count). The average molecular weight is 348 g/mol. The molecule has 0 N–H and O–H groups in total. The Bertz CT molecular complexity index is 849. The molecule has 0 amide bonds. The van der Waals surface area contributed by atoms with E-state index in [0.29, 0.717) is 6.61 Å². The Morgan fingerprint density at radius 3 is 2.54 bits per heavy atom. The normalized spacial score (nSPS) is 10.5. The highest BCUT2D eigenvalue weighted by Crippen LogP contribution is 2.25. The molecular weight excluding hydrogens is 328 g/mol. The molecule has 0 saturated heterocycles. The first kappa shape index (κ1) is 17.6. The Hall–Kier alpha value is -3.21. The molecule has 0 aliphatic rings. The molecule has 132 valence electrons. The standard InChI is InChI=1S/C21H20N2O3/c24-23(25)20-8-3-7-19(15-20)18-9-11-21(12-10-18)26-14-2-1-5-17-6-4-13-22-16-17/h3-4,6-13,15-16H,1-2,5,14H2. The number of nitro benzene ring substituents is 1. The lowest BCUT2D eigenvalue weighted by Crippen LogP contribution is -1.98. The van der Waals surface area contributed by atoms with Gasteiger partial charge in [0.2, 0.25) is 0 Å². The van der Waals surface area contributed by atoms with Crippen LogP contribution < -0.4 is 4.74 Å². The zero-order chi connectivity index (χ0) is 18.2. The molecule has 5 nitrogen and oxygen atoms in total. The van der Waals surface area contributed by atoms with Gasteiger partial charge in [0.05, 0.1) is 11.5 Å². The Labute approximate surface area is 152 Å². The van der Waals surface area contributed by atoms with Crippen molar-refractivity contribution in [1.82, 2.24) is 4.98 Å². The molecule has 2 aromatic carbocycles. The molecule has 26 heavy (non-hydrogen) atoms. The van der Waals surface area contributed by atoms with Crippen molar-refractivity contribution in [3.05, 3.63) is 88.7 Å². The van der Waals surface area contributed by atoms with E-state index in [0.717, 1.165) is 36.1 Å². The largest absolute Gasteiger partial charge is 0.494 e. The number of hydrogen-bond donors (Lipinski definition) is 0. The SMILES string of the molecule is O=[N+]([O-])c1cccc(-c2ccc(OCCCCc3cccnc3)cc2)c1. The van der Waals surface area contributed by atoms with E-state index in [2.05, 4.69) is 11.1 Å². The van der Waals surface area contributed by atoms with Crippen molar-refractivity contribution in [3.8, 4) is 16.9 Å². The minimum atomic E-state index is -0.382. The maximum atomic E-state index is 10.9. The number of unbranched alkanes of at least 4 members (excludes halogenated alkanes) is 1. The number of nitrogens with zero attached hydrogens (tertiary/aromatic N) is 2. The Balaban J connectivity index is 1.48. The van der Waals surface area contributed by atoms with Crippen LogP contribution in [0.15, 0.2) is 73.1 Å². The second kappa shape index (κ2) is 8.76. The molecule has 0 fully saturated rings. The summed E-state index contributed by atoms with van der Waals surface area (Å²) in [5, 5.41) is 10.9. The highest BCUT2D eigenvalue weighted by atomic mass is 16.6. The summed E-state index contributed by atoms with van der Waals surface area (Å²) < 4.78 is 5.77. The van der Waals surface area contributed by atoms with Crippen molar-refractivity contribution < 1.29 is 9.66 Å². The van der Waals surface area contributed by atoms with Crippen LogP contribution in [0.1, 0.15) is 18.4 Å². The summed E-state index contributed by atoms with van der Waals surface area (Å²) in [5.41, 5.74) is 3.09. The number of aromatic nitrogens is 1. The number of nitro groups is 1. The fourth-order valence-corrected chi connectivity index (χ4v) is 2.71. The van der Waals surface area contributed by atoms with Gasteiger partial charge in [-0.25, -0.2) is 0 Å². The number of ether oxygens (including phenoxy) is 1. The first-order valence-corrected chi connectivity index (χ1v) is 8.59. The quantitative estimate of drug-likeness (QED) is 0.324. The van der Waals surface area contributed by atoms with E-state index in [9.17, 15) is 10.1 Å². The van der Waals surface area contributed by atoms with Gasteiger partial charge in [-0.05, 0) is 54.2 Å². The van der Waals surface area contributed by atoms with E-state index in [1.165, 1.54) is 11.6 Å². The number of benzene rings is 2. The van der Waals surface area contributed by atoms with Crippen LogP contribution in [0.5, 0.6) is 5.75 Å². The minimum absolute atomic E-state index is 0.0939. The van der Waals surface area contributed by atoms with Crippen molar-refractivity contribution >= 4 is 5.69 Å². The minimum Gasteiger partial charge on any atom is -0.494 e. The molecule has 0 bridgehead atoms. The van der Waals surface area contributed by atoms with Gasteiger partial charge in [0.15, 0.2) is 0 Å². The molecule has 5 heteroatoms. The summed E-state index contributed by atoms with van der Waals surface area (Å²) >= 11 is 0. The summed E-state index contributed by atoms with van der Waals surface area (Å²) in [6, 6.07) is 18.3. The third-order valence-electron chi connectivity index (χ3n) is 4.10. The second-order valence-electron chi connectivity index (χ2n) is 6.00. The summed E-state index contributed by atoms with van der Waals surface area (Å²) in [6.07, 6.45) is 6.71. The van der Waals surface area contributed by atoms with Gasteiger partial charge in [0.25, 0.3) is 5.69 Å². The molecule has 0 atom stereocenters. The lowest BCUT2D eigenvalue weighted by molar-refractivity contribution is -0.384. The Morgan fingerprint density at radius 1 is 0.962 bits per heavy atom. The maximum absolute atomic E-state index is 10.9. The first-order chi connectivity index (χ1) is 12.7. The van der Waals surface area contributed by atoms with Crippen LogP contribution in [0, 0.1) is 10.1 Å². The van der Waals surface area contributed by atoms with Crippen LogP contribution in [-0.2, 0) is 6.42 Å². The van der Waals surface area contributed by atoms with Crippen molar-refractivity contribution in [1.29, 1.82) is 0 Å². The van der Waals surface area contributed by atoms with E-state index < -0.39 is 0 Å². The predicted molar refractivity (Wildman–Crippen MR) is 101 cm³/mol. The van der Waals surface area contributed by atoms with E-state index in [4.69, 9.17) is 4.74 Å². The summed E-state index contributed by atoms with van der Waals surface area (Å²) in [7, 11) is 0. The molecular formula is C21H20N2O3. The van der Waals surface area contributed by atoms with Gasteiger partial charge < -0.3 is 4.74 Å². The maximum Gasteiger partial charge on any atom is 0.270 e. The lowest BCUT2D eigenvalue weighted by Gasteiger charge is -2.08. The van der Waals surface area contributed by atoms with Crippen LogP contribution in [0.4, 0.5) is 5.69 Å². The molecule has 0 spiro atoms. The van der Waals surface area contributed by atoms with Crippen molar-refractivity contribution in [2.45, 2.75) is 19.3 Å². The van der Waals surface area contributed by atoms with Crippen molar-refractivity contribution in [2.75, 3.05) is 6.61 Å².